The fourth-order valence-electron chi connectivity index (χ4n) is 3.11. The van der Waals surface area contributed by atoms with Gasteiger partial charge in [-0.25, -0.2) is 8.78 Å². The van der Waals surface area contributed by atoms with Crippen LogP contribution in [0.2, 0.25) is 0 Å². The monoisotopic (exact) mass is 296 g/mol. The summed E-state index contributed by atoms with van der Waals surface area (Å²) in [6.45, 7) is 9.22. The molecule has 1 unspecified atom stereocenters. The van der Waals surface area contributed by atoms with Crippen LogP contribution < -0.4 is 5.32 Å². The molecule has 2 nitrogen and oxygen atoms in total. The maximum absolute atomic E-state index is 13.9. The molecule has 0 radical (unpaired) electrons. The van der Waals surface area contributed by atoms with Gasteiger partial charge in [-0.1, -0.05) is 6.92 Å². The zero-order valence-corrected chi connectivity index (χ0v) is 13.3. The molecule has 118 valence electrons. The molecule has 0 saturated carbocycles. The van der Waals surface area contributed by atoms with Crippen molar-refractivity contribution in [1.29, 1.82) is 0 Å². The van der Waals surface area contributed by atoms with Gasteiger partial charge in [-0.15, -0.1) is 0 Å². The van der Waals surface area contributed by atoms with Gasteiger partial charge in [-0.3, -0.25) is 0 Å². The third-order valence-electron chi connectivity index (χ3n) is 4.51. The van der Waals surface area contributed by atoms with E-state index in [2.05, 4.69) is 24.1 Å². The van der Waals surface area contributed by atoms with Crippen LogP contribution in [0.4, 0.5) is 14.5 Å². The van der Waals surface area contributed by atoms with Crippen LogP contribution in [-0.4, -0.2) is 30.6 Å². The molecule has 4 heteroatoms. The summed E-state index contributed by atoms with van der Waals surface area (Å²) in [6.07, 6.45) is 3.42. The minimum absolute atomic E-state index is 0.158. The summed E-state index contributed by atoms with van der Waals surface area (Å²) in [6, 6.07) is 2.69. The van der Waals surface area contributed by atoms with Crippen molar-refractivity contribution >= 4 is 5.69 Å². The molecule has 0 bridgehead atoms. The normalized spacial score (nSPS) is 18.7. The van der Waals surface area contributed by atoms with Crippen molar-refractivity contribution in [3.63, 3.8) is 0 Å². The molecule has 1 fully saturated rings. The zero-order valence-electron chi connectivity index (χ0n) is 13.3. The third-order valence-corrected chi connectivity index (χ3v) is 4.51. The summed E-state index contributed by atoms with van der Waals surface area (Å²) in [7, 11) is 0. The number of hydrogen-bond donors (Lipinski definition) is 1. The lowest BCUT2D eigenvalue weighted by Crippen LogP contribution is -2.39. The van der Waals surface area contributed by atoms with Gasteiger partial charge in [0.25, 0.3) is 0 Å². The molecule has 21 heavy (non-hydrogen) atoms. The second-order valence-electron chi connectivity index (χ2n) is 6.19. The molecule has 1 atom stereocenters. The first kappa shape index (κ1) is 16.2. The molecule has 1 aliphatic rings. The van der Waals surface area contributed by atoms with Crippen molar-refractivity contribution in [1.82, 2.24) is 4.90 Å². The molecule has 2 rings (SSSR count). The Morgan fingerprint density at radius 2 is 1.90 bits per heavy atom. The van der Waals surface area contributed by atoms with Gasteiger partial charge in [0.1, 0.15) is 11.6 Å². The van der Waals surface area contributed by atoms with Crippen LogP contribution in [0.3, 0.4) is 0 Å². The topological polar surface area (TPSA) is 15.3 Å². The van der Waals surface area contributed by atoms with Gasteiger partial charge in [0.05, 0.1) is 5.69 Å². The zero-order chi connectivity index (χ0) is 15.4. The Morgan fingerprint density at radius 3 is 2.52 bits per heavy atom. The third kappa shape index (κ3) is 4.16. The number of hydrogen-bond acceptors (Lipinski definition) is 2. The SMILES string of the molecule is CCCN1CCC(C(C)Nc2cc(F)c(C)cc2F)CC1. The maximum atomic E-state index is 13.9. The van der Waals surface area contributed by atoms with Gasteiger partial charge in [0.15, 0.2) is 0 Å². The molecule has 0 aliphatic carbocycles. The second-order valence-corrected chi connectivity index (χ2v) is 6.19. The Labute approximate surface area is 126 Å². The molecule has 0 spiro atoms. The van der Waals surface area contributed by atoms with Crippen LogP contribution in [0.15, 0.2) is 12.1 Å². The first-order valence-corrected chi connectivity index (χ1v) is 7.95. The van der Waals surface area contributed by atoms with E-state index in [9.17, 15) is 8.78 Å². The molecule has 1 N–H and O–H groups in total. The van der Waals surface area contributed by atoms with Crippen LogP contribution >= 0.6 is 0 Å². The number of benzene rings is 1. The number of halogens is 2. The minimum atomic E-state index is -0.371. The first-order chi connectivity index (χ1) is 10.0. The Kier molecular flexibility index (Phi) is 5.57. The molecule has 0 aromatic heterocycles. The molecule has 1 aromatic carbocycles. The smallest absolute Gasteiger partial charge is 0.146 e. The average molecular weight is 296 g/mol. The van der Waals surface area contributed by atoms with Crippen molar-refractivity contribution in [3.05, 3.63) is 29.3 Å². The quantitative estimate of drug-likeness (QED) is 0.876. The number of likely N-dealkylation sites (tertiary alicyclic amines) is 1. The molecular weight excluding hydrogens is 270 g/mol. The van der Waals surface area contributed by atoms with E-state index in [0.717, 1.165) is 32.5 Å². The fraction of sp³-hybridized carbons (Fsp3) is 0.647. The number of aryl methyl sites for hydroxylation is 1. The Hall–Kier alpha value is -1.16. The summed E-state index contributed by atoms with van der Waals surface area (Å²) in [5.74, 6) is -0.213. The van der Waals surface area contributed by atoms with Crippen molar-refractivity contribution in [2.24, 2.45) is 5.92 Å². The average Bonchev–Trinajstić information content (AvgIpc) is 2.46. The van der Waals surface area contributed by atoms with Gasteiger partial charge in [-0.05, 0) is 70.3 Å². The lowest BCUT2D eigenvalue weighted by Gasteiger charge is -2.35. The minimum Gasteiger partial charge on any atom is -0.380 e. The Balaban J connectivity index is 1.93. The molecule has 1 aromatic rings. The summed E-state index contributed by atoms with van der Waals surface area (Å²) >= 11 is 0. The number of anilines is 1. The van der Waals surface area contributed by atoms with Crippen LogP contribution in [0.25, 0.3) is 0 Å². The maximum Gasteiger partial charge on any atom is 0.146 e. The van der Waals surface area contributed by atoms with E-state index in [4.69, 9.17) is 0 Å². The van der Waals surface area contributed by atoms with E-state index in [-0.39, 0.29) is 23.4 Å². The Morgan fingerprint density at radius 1 is 1.24 bits per heavy atom. The summed E-state index contributed by atoms with van der Waals surface area (Å²) in [5, 5.41) is 3.16. The van der Waals surface area contributed by atoms with Crippen LogP contribution in [0.1, 0.15) is 38.7 Å². The Bertz CT molecular complexity index is 468. The highest BCUT2D eigenvalue weighted by Gasteiger charge is 2.24. The van der Waals surface area contributed by atoms with Crippen molar-refractivity contribution in [3.8, 4) is 0 Å². The van der Waals surface area contributed by atoms with E-state index < -0.39 is 0 Å². The van der Waals surface area contributed by atoms with E-state index in [1.807, 2.05) is 0 Å². The van der Waals surface area contributed by atoms with E-state index >= 15 is 0 Å². The van der Waals surface area contributed by atoms with Gasteiger partial charge in [0.2, 0.25) is 0 Å². The largest absolute Gasteiger partial charge is 0.380 e. The number of rotatable bonds is 5. The predicted molar refractivity (Wildman–Crippen MR) is 83.6 cm³/mol. The number of nitrogens with one attached hydrogen (secondary N) is 1. The number of piperidine rings is 1. The fourth-order valence-corrected chi connectivity index (χ4v) is 3.11. The molecule has 1 heterocycles. The highest BCUT2D eigenvalue weighted by molar-refractivity contribution is 5.47. The van der Waals surface area contributed by atoms with Gasteiger partial charge in [0, 0.05) is 12.1 Å². The molecule has 0 amide bonds. The van der Waals surface area contributed by atoms with Gasteiger partial charge >= 0.3 is 0 Å². The summed E-state index contributed by atoms with van der Waals surface area (Å²) in [5.41, 5.74) is 0.625. The molecular formula is C17H26F2N2. The van der Waals surface area contributed by atoms with Crippen molar-refractivity contribution < 1.29 is 8.78 Å². The van der Waals surface area contributed by atoms with Crippen LogP contribution in [0, 0.1) is 24.5 Å². The lowest BCUT2D eigenvalue weighted by atomic mass is 9.90. The van der Waals surface area contributed by atoms with Crippen molar-refractivity contribution in [2.45, 2.75) is 46.1 Å². The van der Waals surface area contributed by atoms with Crippen molar-refractivity contribution in [2.75, 3.05) is 25.0 Å². The van der Waals surface area contributed by atoms with Gasteiger partial charge in [-0.2, -0.15) is 0 Å². The summed E-state index contributed by atoms with van der Waals surface area (Å²) in [4.78, 5) is 2.48. The lowest BCUT2D eigenvalue weighted by molar-refractivity contribution is 0.176. The highest BCUT2D eigenvalue weighted by atomic mass is 19.1. The van der Waals surface area contributed by atoms with E-state index in [0.29, 0.717) is 11.5 Å². The second kappa shape index (κ2) is 7.21. The number of nitrogens with zero attached hydrogens (tertiary/aromatic N) is 1. The van der Waals surface area contributed by atoms with Gasteiger partial charge < -0.3 is 10.2 Å². The molecule has 1 saturated heterocycles. The standard InChI is InChI=1S/C17H26F2N2/c1-4-7-21-8-5-14(6-9-21)13(3)20-17-11-15(18)12(2)10-16(17)19/h10-11,13-14,20H,4-9H2,1-3H3. The first-order valence-electron chi connectivity index (χ1n) is 7.95. The highest BCUT2D eigenvalue weighted by Crippen LogP contribution is 2.25. The molecule has 1 aliphatic heterocycles. The van der Waals surface area contributed by atoms with E-state index in [1.165, 1.54) is 18.6 Å². The predicted octanol–water partition coefficient (Wildman–Crippen LogP) is 4.20. The van der Waals surface area contributed by atoms with E-state index in [1.54, 1.807) is 6.92 Å². The van der Waals surface area contributed by atoms with Crippen LogP contribution in [0.5, 0.6) is 0 Å². The van der Waals surface area contributed by atoms with Crippen LogP contribution in [-0.2, 0) is 0 Å². The summed E-state index contributed by atoms with van der Waals surface area (Å²) < 4.78 is 27.5.